The first-order chi connectivity index (χ1) is 12.4. The Labute approximate surface area is 153 Å². The maximum Gasteiger partial charge on any atom is 0.337 e. The number of hydrogen-bond acceptors (Lipinski definition) is 5. The van der Waals surface area contributed by atoms with Crippen molar-refractivity contribution in [1.29, 1.82) is 0 Å². The first kappa shape index (κ1) is 19.5. The lowest BCUT2D eigenvalue weighted by Gasteiger charge is -2.05. The highest BCUT2D eigenvalue weighted by Gasteiger charge is 2.14. The van der Waals surface area contributed by atoms with Gasteiger partial charge in [-0.15, -0.1) is 0 Å². The second kappa shape index (κ2) is 9.04. The van der Waals surface area contributed by atoms with Crippen LogP contribution in [0.5, 0.6) is 5.75 Å². The van der Waals surface area contributed by atoms with E-state index in [1.807, 2.05) is 31.2 Å². The fourth-order valence-electron chi connectivity index (χ4n) is 2.05. The van der Waals surface area contributed by atoms with Crippen molar-refractivity contribution in [2.24, 2.45) is 0 Å². The van der Waals surface area contributed by atoms with E-state index in [1.54, 1.807) is 0 Å². The van der Waals surface area contributed by atoms with E-state index in [0.29, 0.717) is 0 Å². The Kier molecular flexibility index (Phi) is 6.78. The predicted octanol–water partition coefficient (Wildman–Crippen LogP) is 2.14. The molecule has 0 aromatic heterocycles. The number of para-hydroxylation sites is 1. The zero-order valence-electron chi connectivity index (χ0n) is 14.5. The maximum absolute atomic E-state index is 12.2. The fourth-order valence-corrected chi connectivity index (χ4v) is 2.97. The van der Waals surface area contributed by atoms with Crippen molar-refractivity contribution in [1.82, 2.24) is 4.72 Å². The third-order valence-corrected chi connectivity index (χ3v) is 4.87. The summed E-state index contributed by atoms with van der Waals surface area (Å²) in [6.07, 6.45) is 0. The second-order valence-corrected chi connectivity index (χ2v) is 7.02. The number of hydrogen-bond donors (Lipinski definition) is 1. The number of carbonyl (C=O) groups is 1. The summed E-state index contributed by atoms with van der Waals surface area (Å²) in [7, 11) is -2.44. The molecule has 26 heavy (non-hydrogen) atoms. The van der Waals surface area contributed by atoms with E-state index >= 15 is 0 Å². The molecular formula is C19H19NO5S. The predicted molar refractivity (Wildman–Crippen MR) is 97.4 cm³/mol. The van der Waals surface area contributed by atoms with Gasteiger partial charge in [-0.2, -0.15) is 4.72 Å². The van der Waals surface area contributed by atoms with Crippen LogP contribution in [0.15, 0.2) is 53.4 Å². The van der Waals surface area contributed by atoms with Crippen LogP contribution in [0.4, 0.5) is 0 Å². The molecule has 0 saturated carbocycles. The minimum Gasteiger partial charge on any atom is -0.481 e. The van der Waals surface area contributed by atoms with Crippen LogP contribution < -0.4 is 9.46 Å². The highest BCUT2D eigenvalue weighted by atomic mass is 32.2. The highest BCUT2D eigenvalue weighted by Crippen LogP contribution is 2.15. The van der Waals surface area contributed by atoms with Gasteiger partial charge in [-0.3, -0.25) is 0 Å². The van der Waals surface area contributed by atoms with E-state index < -0.39 is 16.0 Å². The molecule has 0 heterocycles. The zero-order valence-corrected chi connectivity index (χ0v) is 15.3. The summed E-state index contributed by atoms with van der Waals surface area (Å²) >= 11 is 0. The van der Waals surface area contributed by atoms with E-state index in [1.165, 1.54) is 31.4 Å². The summed E-state index contributed by atoms with van der Waals surface area (Å²) in [5.74, 6) is 5.67. The fraction of sp³-hybridized carbons (Fsp3) is 0.211. The van der Waals surface area contributed by atoms with E-state index in [-0.39, 0.29) is 23.6 Å². The molecule has 0 aliphatic rings. The summed E-state index contributed by atoms with van der Waals surface area (Å²) in [5.41, 5.74) is 1.28. The van der Waals surface area contributed by atoms with Gasteiger partial charge in [0, 0.05) is 0 Å². The molecule has 0 bridgehead atoms. The van der Waals surface area contributed by atoms with Gasteiger partial charge >= 0.3 is 5.97 Å². The third kappa shape index (κ3) is 5.34. The van der Waals surface area contributed by atoms with Crippen LogP contribution in [0.1, 0.15) is 15.9 Å². The standard InChI is InChI=1S/C19H19NO5S/c1-15-7-3-4-8-18(15)25-14-6-5-13-20-26(22,23)17-11-9-16(10-12-17)19(21)24-2/h3-4,7-12,20H,13-14H2,1-2H3. The summed E-state index contributed by atoms with van der Waals surface area (Å²) < 4.78 is 36.8. The third-order valence-electron chi connectivity index (χ3n) is 3.45. The number of carbonyl (C=O) groups excluding carboxylic acids is 1. The molecule has 0 spiro atoms. The van der Waals surface area contributed by atoms with Crippen LogP contribution in [0, 0.1) is 18.8 Å². The van der Waals surface area contributed by atoms with Gasteiger partial charge in [0.05, 0.1) is 24.1 Å². The summed E-state index contributed by atoms with van der Waals surface area (Å²) in [4.78, 5) is 11.4. The van der Waals surface area contributed by atoms with Gasteiger partial charge in [-0.25, -0.2) is 13.2 Å². The SMILES string of the molecule is COC(=O)c1ccc(S(=O)(=O)NCC#CCOc2ccccc2C)cc1. The Balaban J connectivity index is 1.87. The number of sulfonamides is 1. The molecule has 0 aliphatic carbocycles. The molecule has 2 rings (SSSR count). The van der Waals surface area contributed by atoms with Crippen molar-refractivity contribution >= 4 is 16.0 Å². The van der Waals surface area contributed by atoms with Gasteiger partial charge in [-0.05, 0) is 42.8 Å². The minimum atomic E-state index is -3.70. The van der Waals surface area contributed by atoms with Gasteiger partial charge in [0.15, 0.2) is 0 Å². The average molecular weight is 373 g/mol. The molecule has 6 nitrogen and oxygen atoms in total. The van der Waals surface area contributed by atoms with Crippen molar-refractivity contribution in [2.45, 2.75) is 11.8 Å². The summed E-state index contributed by atoms with van der Waals surface area (Å²) in [6.45, 7) is 2.06. The Hall–Kier alpha value is -2.82. The van der Waals surface area contributed by atoms with Crippen molar-refractivity contribution in [3.05, 3.63) is 59.7 Å². The molecule has 136 valence electrons. The molecule has 0 aliphatic heterocycles. The molecule has 1 N–H and O–H groups in total. The number of rotatable bonds is 6. The first-order valence-electron chi connectivity index (χ1n) is 7.76. The molecule has 0 saturated heterocycles. The molecule has 0 unspecified atom stereocenters. The lowest BCUT2D eigenvalue weighted by molar-refractivity contribution is 0.0600. The Morgan fingerprint density at radius 3 is 2.42 bits per heavy atom. The average Bonchev–Trinajstić information content (AvgIpc) is 2.65. The largest absolute Gasteiger partial charge is 0.481 e. The van der Waals surface area contributed by atoms with Crippen molar-refractivity contribution < 1.29 is 22.7 Å². The molecule has 0 radical (unpaired) electrons. The second-order valence-electron chi connectivity index (χ2n) is 5.25. The van der Waals surface area contributed by atoms with Crippen LogP contribution in [0.2, 0.25) is 0 Å². The van der Waals surface area contributed by atoms with Gasteiger partial charge in [0.1, 0.15) is 12.4 Å². The van der Waals surface area contributed by atoms with Gasteiger partial charge in [0.25, 0.3) is 0 Å². The molecule has 0 atom stereocenters. The number of methoxy groups -OCH3 is 1. The van der Waals surface area contributed by atoms with E-state index in [2.05, 4.69) is 21.3 Å². The summed E-state index contributed by atoms with van der Waals surface area (Å²) in [6, 6.07) is 13.0. The van der Waals surface area contributed by atoms with E-state index in [0.717, 1.165) is 11.3 Å². The highest BCUT2D eigenvalue weighted by molar-refractivity contribution is 7.89. The maximum atomic E-state index is 12.2. The summed E-state index contributed by atoms with van der Waals surface area (Å²) in [5, 5.41) is 0. The van der Waals surface area contributed by atoms with Crippen molar-refractivity contribution in [3.8, 4) is 17.6 Å². The first-order valence-corrected chi connectivity index (χ1v) is 9.24. The Morgan fingerprint density at radius 1 is 1.08 bits per heavy atom. The van der Waals surface area contributed by atoms with Gasteiger partial charge < -0.3 is 9.47 Å². The molecule has 2 aromatic rings. The monoisotopic (exact) mass is 373 g/mol. The van der Waals surface area contributed by atoms with Crippen molar-refractivity contribution in [3.63, 3.8) is 0 Å². The van der Waals surface area contributed by atoms with Crippen LogP contribution in [-0.4, -0.2) is 34.6 Å². The number of nitrogens with one attached hydrogen (secondary N) is 1. The Morgan fingerprint density at radius 2 is 1.77 bits per heavy atom. The minimum absolute atomic E-state index is 0.0434. The smallest absolute Gasteiger partial charge is 0.337 e. The lowest BCUT2D eigenvalue weighted by Crippen LogP contribution is -2.24. The van der Waals surface area contributed by atoms with Crippen LogP contribution in [0.25, 0.3) is 0 Å². The van der Waals surface area contributed by atoms with Gasteiger partial charge in [-0.1, -0.05) is 30.0 Å². The van der Waals surface area contributed by atoms with E-state index in [9.17, 15) is 13.2 Å². The molecular weight excluding hydrogens is 354 g/mol. The van der Waals surface area contributed by atoms with Crippen LogP contribution >= 0.6 is 0 Å². The zero-order chi connectivity index (χ0) is 19.0. The number of aryl methyl sites for hydroxylation is 1. The molecule has 0 fully saturated rings. The number of esters is 1. The molecule has 0 amide bonds. The van der Waals surface area contributed by atoms with E-state index in [4.69, 9.17) is 4.74 Å². The normalized spacial score (nSPS) is 10.5. The number of ether oxygens (including phenoxy) is 2. The molecule has 2 aromatic carbocycles. The quantitative estimate of drug-likeness (QED) is 0.620. The van der Waals surface area contributed by atoms with Gasteiger partial charge in [0.2, 0.25) is 10.0 Å². The van der Waals surface area contributed by atoms with Crippen LogP contribution in [0.3, 0.4) is 0 Å². The Bertz CT molecular complexity index is 924. The molecule has 7 heteroatoms. The van der Waals surface area contributed by atoms with Crippen LogP contribution in [-0.2, 0) is 14.8 Å². The topological polar surface area (TPSA) is 81.7 Å². The lowest BCUT2D eigenvalue weighted by atomic mass is 10.2. The van der Waals surface area contributed by atoms with Crippen molar-refractivity contribution in [2.75, 3.05) is 20.3 Å². The number of benzene rings is 2.